The molecule has 1 aliphatic heterocycles. The van der Waals surface area contributed by atoms with E-state index in [1.54, 1.807) is 23.5 Å². The zero-order valence-electron chi connectivity index (χ0n) is 17.3. The average Bonchev–Trinajstić information content (AvgIpc) is 3.22. The van der Waals surface area contributed by atoms with E-state index >= 15 is 0 Å². The number of piperazine rings is 1. The number of thiazole rings is 1. The zero-order valence-corrected chi connectivity index (χ0v) is 18.9. The van der Waals surface area contributed by atoms with Crippen molar-refractivity contribution < 1.29 is 9.84 Å². The van der Waals surface area contributed by atoms with Gasteiger partial charge >= 0.3 is 0 Å². The Kier molecular flexibility index (Phi) is 5.73. The minimum absolute atomic E-state index is 0. The molecule has 32 heavy (non-hydrogen) atoms. The van der Waals surface area contributed by atoms with Crippen LogP contribution in [0.25, 0.3) is 10.2 Å². The van der Waals surface area contributed by atoms with Gasteiger partial charge in [0.05, 0.1) is 21.7 Å². The number of sulfonamides is 1. The van der Waals surface area contributed by atoms with Crippen LogP contribution < -0.4 is 9.62 Å². The maximum atomic E-state index is 12.6. The number of nitrogens with zero attached hydrogens (tertiary/aromatic N) is 5. The third-order valence-corrected chi connectivity index (χ3v) is 7.79. The summed E-state index contributed by atoms with van der Waals surface area (Å²) in [5.41, 5.74) is 2.08. The Balaban J connectivity index is 0.00000259. The highest BCUT2D eigenvalue weighted by Crippen LogP contribution is 2.24. The van der Waals surface area contributed by atoms with Crippen molar-refractivity contribution in [1.29, 1.82) is 0 Å². The van der Waals surface area contributed by atoms with Gasteiger partial charge in [0.25, 0.3) is 10.0 Å². The number of rotatable bonds is 6. The van der Waals surface area contributed by atoms with E-state index in [1.807, 2.05) is 24.3 Å². The molecule has 1 N–H and O–H groups in total. The van der Waals surface area contributed by atoms with E-state index in [1.165, 1.54) is 23.3 Å². The van der Waals surface area contributed by atoms with E-state index in [0.29, 0.717) is 0 Å². The lowest BCUT2D eigenvalue weighted by atomic mass is 10.2. The second-order valence-corrected chi connectivity index (χ2v) is 10.3. The van der Waals surface area contributed by atoms with Crippen LogP contribution in [0.15, 0.2) is 72.0 Å². The van der Waals surface area contributed by atoms with Gasteiger partial charge in [0.2, 0.25) is 0 Å². The molecule has 5 rings (SSSR count). The summed E-state index contributed by atoms with van der Waals surface area (Å²) in [5, 5.41) is 1.14. The molecule has 10 heteroatoms. The predicted octanol–water partition coefficient (Wildman–Crippen LogP) is 3.46. The van der Waals surface area contributed by atoms with Crippen LogP contribution in [-0.2, 0) is 16.6 Å². The van der Waals surface area contributed by atoms with Gasteiger partial charge in [-0.25, -0.2) is 23.4 Å². The van der Waals surface area contributed by atoms with Crippen LogP contribution in [0.1, 0.15) is 6.43 Å². The molecule has 0 radical (unpaired) electrons. The molecule has 0 atom stereocenters. The topological polar surface area (TPSA) is 91.3 Å². The van der Waals surface area contributed by atoms with Crippen LogP contribution >= 0.6 is 11.3 Å². The summed E-state index contributed by atoms with van der Waals surface area (Å²) >= 11 is 1.76. The number of anilines is 2. The highest BCUT2D eigenvalue weighted by atomic mass is 32.2. The fourth-order valence-electron chi connectivity index (χ4n) is 3.73. The lowest BCUT2D eigenvalue weighted by Gasteiger charge is -2.35. The molecule has 0 aliphatic carbocycles. The summed E-state index contributed by atoms with van der Waals surface area (Å²) in [4.78, 5) is 17.3. The molecule has 0 spiro atoms. The van der Waals surface area contributed by atoms with Crippen molar-refractivity contribution in [2.75, 3.05) is 35.8 Å². The van der Waals surface area contributed by atoms with Crippen LogP contribution in [0.2, 0.25) is 0 Å². The van der Waals surface area contributed by atoms with Gasteiger partial charge in [-0.3, -0.25) is 9.62 Å². The van der Waals surface area contributed by atoms with E-state index in [9.17, 15) is 8.42 Å². The first-order chi connectivity index (χ1) is 15.6. The number of hydrogen-bond acceptors (Lipinski definition) is 8. The Morgan fingerprint density at radius 2 is 1.78 bits per heavy atom. The highest BCUT2D eigenvalue weighted by molar-refractivity contribution is 7.92. The van der Waals surface area contributed by atoms with E-state index in [-0.39, 0.29) is 12.1 Å². The summed E-state index contributed by atoms with van der Waals surface area (Å²) in [6.45, 7) is 4.50. The summed E-state index contributed by atoms with van der Waals surface area (Å²) in [6, 6.07) is 16.7. The smallest absolute Gasteiger partial charge is 0.263 e. The Bertz CT molecular complexity index is 1270. The molecule has 0 saturated carbocycles. The first-order valence-corrected chi connectivity index (χ1v) is 12.6. The monoisotopic (exact) mass is 468 g/mol. The number of benzene rings is 2. The fraction of sp³-hybridized carbons (Fsp3) is 0.227. The van der Waals surface area contributed by atoms with Gasteiger partial charge in [0.15, 0.2) is 0 Å². The predicted molar refractivity (Wildman–Crippen MR) is 129 cm³/mol. The molecule has 1 saturated heterocycles. The van der Waals surface area contributed by atoms with E-state index in [2.05, 4.69) is 36.6 Å². The second kappa shape index (κ2) is 8.81. The van der Waals surface area contributed by atoms with Crippen LogP contribution in [0.4, 0.5) is 11.5 Å². The highest BCUT2D eigenvalue weighted by Gasteiger charge is 2.20. The van der Waals surface area contributed by atoms with Gasteiger partial charge in [0.1, 0.15) is 17.2 Å². The second-order valence-electron chi connectivity index (χ2n) is 7.53. The standard InChI is InChI=1S/C22H22N6O2S2.H2/c29-32(30,26-21-9-10-23-16-24-21)18-7-5-17(6-8-18)28-13-11-27(12-14-28)15-22-25-19-3-1-2-4-20(19)31-22;/h1-10,16H,11-15H2,(H,23,24,26);1H. The van der Waals surface area contributed by atoms with Crippen molar-refractivity contribution in [3.05, 3.63) is 72.1 Å². The van der Waals surface area contributed by atoms with E-state index in [0.717, 1.165) is 48.9 Å². The average molecular weight is 469 g/mol. The molecule has 3 heterocycles. The number of nitrogens with one attached hydrogen (secondary N) is 1. The minimum atomic E-state index is -3.69. The summed E-state index contributed by atoms with van der Waals surface area (Å²) in [7, 11) is -3.69. The Labute approximate surface area is 192 Å². The van der Waals surface area contributed by atoms with Gasteiger partial charge in [-0.15, -0.1) is 11.3 Å². The lowest BCUT2D eigenvalue weighted by Crippen LogP contribution is -2.45. The van der Waals surface area contributed by atoms with E-state index in [4.69, 9.17) is 4.98 Å². The zero-order chi connectivity index (χ0) is 22.0. The Hall–Kier alpha value is -3.08. The quantitative estimate of drug-likeness (QED) is 0.463. The first kappa shape index (κ1) is 20.8. The van der Waals surface area contributed by atoms with Crippen LogP contribution in [-0.4, -0.2) is 54.4 Å². The Morgan fingerprint density at radius 3 is 2.50 bits per heavy atom. The Morgan fingerprint density at radius 1 is 1.00 bits per heavy atom. The molecule has 0 unspecified atom stereocenters. The summed E-state index contributed by atoms with van der Waals surface area (Å²) < 4.78 is 28.8. The largest absolute Gasteiger partial charge is 0.369 e. The summed E-state index contributed by atoms with van der Waals surface area (Å²) in [5.74, 6) is 0.244. The van der Waals surface area contributed by atoms with Gasteiger partial charge in [-0.1, -0.05) is 12.1 Å². The SMILES string of the molecule is O=S(=O)(Nc1ccncn1)c1ccc(N2CCN(Cc3nc4ccccc4s3)CC2)cc1.[HH]. The first-order valence-electron chi connectivity index (χ1n) is 10.3. The molecular weight excluding hydrogens is 444 g/mol. The van der Waals surface area contributed by atoms with Crippen molar-refractivity contribution in [3.8, 4) is 0 Å². The van der Waals surface area contributed by atoms with Crippen LogP contribution in [0.3, 0.4) is 0 Å². The molecule has 0 bridgehead atoms. The van der Waals surface area contributed by atoms with Crippen molar-refractivity contribution in [3.63, 3.8) is 0 Å². The molecular formula is C22H24N6O2S2. The number of aromatic nitrogens is 3. The van der Waals surface area contributed by atoms with Gasteiger partial charge in [0, 0.05) is 39.5 Å². The molecule has 4 aromatic rings. The maximum absolute atomic E-state index is 12.6. The molecule has 2 aromatic heterocycles. The maximum Gasteiger partial charge on any atom is 0.263 e. The molecule has 1 fully saturated rings. The number of para-hydroxylation sites is 1. The van der Waals surface area contributed by atoms with Crippen molar-refractivity contribution >= 4 is 43.1 Å². The molecule has 1 aliphatic rings. The molecule has 166 valence electrons. The van der Waals surface area contributed by atoms with Gasteiger partial charge < -0.3 is 4.90 Å². The summed E-state index contributed by atoms with van der Waals surface area (Å²) in [6.07, 6.45) is 2.79. The van der Waals surface area contributed by atoms with Crippen LogP contribution in [0, 0.1) is 0 Å². The van der Waals surface area contributed by atoms with Gasteiger partial charge in [-0.05, 0) is 42.5 Å². The minimum Gasteiger partial charge on any atom is -0.369 e. The van der Waals surface area contributed by atoms with Crippen LogP contribution in [0.5, 0.6) is 0 Å². The third kappa shape index (κ3) is 4.57. The fourth-order valence-corrected chi connectivity index (χ4v) is 5.74. The van der Waals surface area contributed by atoms with Crippen molar-refractivity contribution in [2.24, 2.45) is 0 Å². The lowest BCUT2D eigenvalue weighted by molar-refractivity contribution is 0.249. The molecule has 2 aromatic carbocycles. The van der Waals surface area contributed by atoms with Gasteiger partial charge in [-0.2, -0.15) is 0 Å². The normalized spacial score (nSPS) is 15.2. The third-order valence-electron chi connectivity index (χ3n) is 5.40. The molecule has 0 amide bonds. The van der Waals surface area contributed by atoms with Crippen molar-refractivity contribution in [1.82, 2.24) is 19.9 Å². The molecule has 8 nitrogen and oxygen atoms in total. The number of hydrogen-bond donors (Lipinski definition) is 1. The number of fused-ring (bicyclic) bond motifs is 1. The van der Waals surface area contributed by atoms with E-state index < -0.39 is 10.0 Å². The van der Waals surface area contributed by atoms with Crippen molar-refractivity contribution in [2.45, 2.75) is 11.4 Å².